The van der Waals surface area contributed by atoms with Gasteiger partial charge < -0.3 is 9.47 Å². The summed E-state index contributed by atoms with van der Waals surface area (Å²) in [6, 6.07) is 16.2. The fraction of sp³-hybridized carbons (Fsp3) is 0.318. The van der Waals surface area contributed by atoms with Gasteiger partial charge in [-0.25, -0.2) is 4.98 Å². The van der Waals surface area contributed by atoms with Crippen LogP contribution in [0.25, 0.3) is 21.0 Å². The van der Waals surface area contributed by atoms with E-state index in [2.05, 4.69) is 17.1 Å². The molecule has 2 aromatic carbocycles. The summed E-state index contributed by atoms with van der Waals surface area (Å²) in [4.78, 5) is 6.55. The summed E-state index contributed by atoms with van der Waals surface area (Å²) < 4.78 is 23.5. The molecule has 146 valence electrons. The first-order valence-corrected chi connectivity index (χ1v) is 11.4. The first-order chi connectivity index (χ1) is 13.6. The second-order valence-electron chi connectivity index (χ2n) is 6.95. The minimum absolute atomic E-state index is 0.119. The molecule has 0 spiro atoms. The molecule has 1 aliphatic rings. The van der Waals surface area contributed by atoms with Gasteiger partial charge in [0.05, 0.1) is 28.9 Å². The largest absolute Gasteiger partial charge is 0.348 e. The maximum atomic E-state index is 12.2. The van der Waals surface area contributed by atoms with Crippen molar-refractivity contribution in [2.75, 3.05) is 13.2 Å². The van der Waals surface area contributed by atoms with Crippen LogP contribution in [0.1, 0.15) is 32.1 Å². The minimum Gasteiger partial charge on any atom is -0.348 e. The molecule has 0 N–H and O–H groups in total. The Labute approximate surface area is 172 Å². The van der Waals surface area contributed by atoms with Gasteiger partial charge in [0.25, 0.3) is 0 Å². The number of nitrogens with zero attached hydrogens (tertiary/aromatic N) is 1. The van der Waals surface area contributed by atoms with Gasteiger partial charge in [0.1, 0.15) is 5.01 Å². The smallest absolute Gasteiger partial charge is 0.183 e. The van der Waals surface area contributed by atoms with Crippen LogP contribution in [0.2, 0.25) is 0 Å². The predicted molar refractivity (Wildman–Crippen MR) is 114 cm³/mol. The highest BCUT2D eigenvalue weighted by atomic mass is 32.2. The van der Waals surface area contributed by atoms with Gasteiger partial charge in [-0.3, -0.25) is 4.21 Å². The van der Waals surface area contributed by atoms with Crippen LogP contribution in [0.3, 0.4) is 0 Å². The highest BCUT2D eigenvalue weighted by molar-refractivity contribution is 7.85. The molecule has 0 aliphatic carbocycles. The highest BCUT2D eigenvalue weighted by Crippen LogP contribution is 2.33. The molecule has 28 heavy (non-hydrogen) atoms. The molecular formula is C22H23NO3S2. The molecule has 1 aromatic heterocycles. The Bertz CT molecular complexity index is 943. The van der Waals surface area contributed by atoms with Gasteiger partial charge in [0.2, 0.25) is 0 Å². The van der Waals surface area contributed by atoms with Gasteiger partial charge in [-0.1, -0.05) is 50.2 Å². The molecule has 3 aromatic rings. The Morgan fingerprint density at radius 3 is 2.29 bits per heavy atom. The molecule has 4 nitrogen and oxygen atoms in total. The molecule has 0 saturated carbocycles. The van der Waals surface area contributed by atoms with Crippen molar-refractivity contribution in [2.45, 2.75) is 36.7 Å². The van der Waals surface area contributed by atoms with Crippen LogP contribution in [-0.4, -0.2) is 27.7 Å². The van der Waals surface area contributed by atoms with Crippen molar-refractivity contribution in [2.24, 2.45) is 0 Å². The van der Waals surface area contributed by atoms with Crippen LogP contribution < -0.4 is 0 Å². The van der Waals surface area contributed by atoms with E-state index in [4.69, 9.17) is 9.47 Å². The molecule has 1 unspecified atom stereocenters. The molecule has 0 bridgehead atoms. The summed E-state index contributed by atoms with van der Waals surface area (Å²) in [5.41, 5.74) is 3.20. The van der Waals surface area contributed by atoms with Gasteiger partial charge in [0.15, 0.2) is 6.29 Å². The fourth-order valence-corrected chi connectivity index (χ4v) is 4.91. The van der Waals surface area contributed by atoms with Crippen LogP contribution in [0.15, 0.2) is 59.6 Å². The lowest BCUT2D eigenvalue weighted by Crippen LogP contribution is -2.17. The fourth-order valence-electron chi connectivity index (χ4n) is 3.03. The molecule has 1 atom stereocenters. The number of ether oxygens (including phenoxy) is 2. The lowest BCUT2D eigenvalue weighted by Gasteiger charge is -2.23. The minimum atomic E-state index is -0.962. The second kappa shape index (κ2) is 8.66. The Morgan fingerprint density at radius 2 is 1.64 bits per heavy atom. The van der Waals surface area contributed by atoms with Crippen LogP contribution >= 0.6 is 11.3 Å². The molecule has 2 heterocycles. The lowest BCUT2D eigenvalue weighted by atomic mass is 10.1. The van der Waals surface area contributed by atoms with E-state index in [9.17, 15) is 4.21 Å². The number of aromatic nitrogens is 1. The third-order valence-corrected chi connectivity index (χ3v) is 7.25. The number of hydrogen-bond donors (Lipinski definition) is 0. The van der Waals surface area contributed by atoms with Crippen molar-refractivity contribution in [1.82, 2.24) is 4.98 Å². The summed E-state index contributed by atoms with van der Waals surface area (Å²) in [5.74, 6) is 0. The summed E-state index contributed by atoms with van der Waals surface area (Å²) in [7, 11) is -0.962. The van der Waals surface area contributed by atoms with Crippen LogP contribution in [0.5, 0.6) is 0 Å². The molecule has 1 aliphatic heterocycles. The van der Waals surface area contributed by atoms with Gasteiger partial charge in [-0.05, 0) is 24.1 Å². The maximum Gasteiger partial charge on any atom is 0.183 e. The topological polar surface area (TPSA) is 48.4 Å². The average Bonchev–Trinajstić information content (AvgIpc) is 3.24. The van der Waals surface area contributed by atoms with E-state index in [1.54, 1.807) is 11.3 Å². The zero-order valence-electron chi connectivity index (χ0n) is 16.0. The Balaban J connectivity index is 1.50. The van der Waals surface area contributed by atoms with E-state index in [-0.39, 0.29) is 11.5 Å². The first-order valence-electron chi connectivity index (χ1n) is 9.42. The zero-order valence-corrected chi connectivity index (χ0v) is 17.6. The third kappa shape index (κ3) is 4.25. The average molecular weight is 414 g/mol. The SMILES string of the molecule is CC(C)S(=O)c1ccc(-c2cnc(-c3ccc(C4OCCCO4)cc3)s2)cc1. The van der Waals surface area contributed by atoms with E-state index < -0.39 is 10.8 Å². The summed E-state index contributed by atoms with van der Waals surface area (Å²) >= 11 is 1.65. The molecule has 6 heteroatoms. The van der Waals surface area contributed by atoms with Crippen molar-refractivity contribution in [3.8, 4) is 21.0 Å². The van der Waals surface area contributed by atoms with Crippen LogP contribution in [0.4, 0.5) is 0 Å². The van der Waals surface area contributed by atoms with Crippen LogP contribution in [0, 0.1) is 0 Å². The number of rotatable bonds is 5. The first kappa shape index (κ1) is 19.5. The molecular weight excluding hydrogens is 390 g/mol. The van der Waals surface area contributed by atoms with Crippen molar-refractivity contribution in [3.05, 3.63) is 60.3 Å². The normalized spacial score (nSPS) is 16.4. The van der Waals surface area contributed by atoms with Crippen molar-refractivity contribution >= 4 is 22.1 Å². The standard InChI is InChI=1S/C22H23NO3S2/c1-15(2)28(24)19-10-8-16(9-11-19)20-14-23-21(27-20)17-4-6-18(7-5-17)22-25-12-3-13-26-22/h4-11,14-15,22H,3,12-13H2,1-2H3. The number of hydrogen-bond acceptors (Lipinski definition) is 5. The van der Waals surface area contributed by atoms with Gasteiger partial charge in [-0.2, -0.15) is 0 Å². The van der Waals surface area contributed by atoms with Crippen molar-refractivity contribution in [1.29, 1.82) is 0 Å². The van der Waals surface area contributed by atoms with E-state index >= 15 is 0 Å². The van der Waals surface area contributed by atoms with Gasteiger partial charge in [-0.15, -0.1) is 11.3 Å². The molecule has 4 rings (SSSR count). The number of thiazole rings is 1. The van der Waals surface area contributed by atoms with Crippen molar-refractivity contribution < 1.29 is 13.7 Å². The summed E-state index contributed by atoms with van der Waals surface area (Å²) in [6.07, 6.45) is 2.59. The van der Waals surface area contributed by atoms with E-state index in [0.29, 0.717) is 0 Å². The highest BCUT2D eigenvalue weighted by Gasteiger charge is 2.17. The molecule has 1 saturated heterocycles. The third-order valence-electron chi connectivity index (χ3n) is 4.56. The monoisotopic (exact) mass is 413 g/mol. The van der Waals surface area contributed by atoms with E-state index in [1.165, 1.54) is 0 Å². The Kier molecular flexibility index (Phi) is 6.01. The van der Waals surface area contributed by atoms with Gasteiger partial charge >= 0.3 is 0 Å². The van der Waals surface area contributed by atoms with E-state index in [1.807, 2.05) is 56.4 Å². The second-order valence-corrected chi connectivity index (χ2v) is 9.99. The molecule has 0 radical (unpaired) electrons. The van der Waals surface area contributed by atoms with Crippen LogP contribution in [-0.2, 0) is 20.3 Å². The molecule has 0 amide bonds. The lowest BCUT2D eigenvalue weighted by molar-refractivity contribution is -0.183. The predicted octanol–water partition coefficient (Wildman–Crippen LogP) is 5.43. The maximum absolute atomic E-state index is 12.2. The summed E-state index contributed by atoms with van der Waals surface area (Å²) in [5, 5.41) is 1.09. The summed E-state index contributed by atoms with van der Waals surface area (Å²) in [6.45, 7) is 5.42. The Morgan fingerprint density at radius 1 is 1.00 bits per heavy atom. The quantitative estimate of drug-likeness (QED) is 0.560. The Hall–Kier alpha value is -1.86. The van der Waals surface area contributed by atoms with Crippen molar-refractivity contribution in [3.63, 3.8) is 0 Å². The van der Waals surface area contributed by atoms with E-state index in [0.717, 1.165) is 51.1 Å². The zero-order chi connectivity index (χ0) is 19.5. The number of benzene rings is 2. The molecule has 1 fully saturated rings. The van der Waals surface area contributed by atoms with Gasteiger partial charge in [0, 0.05) is 27.5 Å².